The van der Waals surface area contributed by atoms with Crippen LogP contribution in [-0.4, -0.2) is 28.3 Å². The van der Waals surface area contributed by atoms with Crippen molar-refractivity contribution in [2.75, 3.05) is 10.6 Å². The average molecular weight is 471 g/mol. The van der Waals surface area contributed by atoms with E-state index in [1.807, 2.05) is 56.3 Å². The molecule has 0 unspecified atom stereocenters. The molecule has 0 heterocycles. The van der Waals surface area contributed by atoms with E-state index in [9.17, 15) is 19.5 Å². The van der Waals surface area contributed by atoms with Crippen LogP contribution < -0.4 is 10.6 Å². The molecule has 0 aromatic heterocycles. The van der Waals surface area contributed by atoms with Gasteiger partial charge in [-0.3, -0.25) is 14.4 Å². The number of rotatable bonds is 5. The molecule has 3 N–H and O–H groups in total. The Labute approximate surface area is 205 Å². The van der Waals surface area contributed by atoms with Gasteiger partial charge in [-0.1, -0.05) is 66.7 Å². The third kappa shape index (κ3) is 5.03. The molecular formula is C29H30N2O4. The fourth-order valence-electron chi connectivity index (χ4n) is 5.01. The van der Waals surface area contributed by atoms with Crippen molar-refractivity contribution in [2.24, 2.45) is 11.8 Å². The van der Waals surface area contributed by atoms with Crippen molar-refractivity contribution in [3.05, 3.63) is 95.6 Å². The first-order valence-electron chi connectivity index (χ1n) is 11.7. The number of aliphatic hydroxyl groups is 1. The summed E-state index contributed by atoms with van der Waals surface area (Å²) in [6.07, 6.45) is -0.298. The quantitative estimate of drug-likeness (QED) is 0.474. The van der Waals surface area contributed by atoms with E-state index in [0.717, 1.165) is 11.1 Å². The van der Waals surface area contributed by atoms with Crippen LogP contribution in [-0.2, 0) is 14.4 Å². The van der Waals surface area contributed by atoms with Gasteiger partial charge in [0, 0.05) is 23.7 Å². The second-order valence-electron chi connectivity index (χ2n) is 9.50. The van der Waals surface area contributed by atoms with Gasteiger partial charge in [-0.05, 0) is 49.6 Å². The number of amides is 2. The monoisotopic (exact) mass is 470 g/mol. The van der Waals surface area contributed by atoms with Gasteiger partial charge in [0.1, 0.15) is 11.7 Å². The fourth-order valence-corrected chi connectivity index (χ4v) is 5.01. The minimum absolute atomic E-state index is 0.298. The molecule has 1 fully saturated rings. The summed E-state index contributed by atoms with van der Waals surface area (Å²) in [4.78, 5) is 40.6. The molecule has 0 aliphatic heterocycles. The third-order valence-corrected chi connectivity index (χ3v) is 6.82. The molecule has 2 amide bonds. The number of benzene rings is 3. The molecule has 4 atom stereocenters. The molecule has 4 rings (SSSR count). The van der Waals surface area contributed by atoms with Crippen molar-refractivity contribution < 1.29 is 19.5 Å². The minimum Gasteiger partial charge on any atom is -0.389 e. The van der Waals surface area contributed by atoms with E-state index in [4.69, 9.17) is 0 Å². The van der Waals surface area contributed by atoms with Crippen molar-refractivity contribution in [2.45, 2.75) is 38.7 Å². The van der Waals surface area contributed by atoms with E-state index < -0.39 is 41.0 Å². The molecule has 0 saturated heterocycles. The van der Waals surface area contributed by atoms with Crippen LogP contribution in [0.3, 0.4) is 0 Å². The van der Waals surface area contributed by atoms with Gasteiger partial charge in [-0.2, -0.15) is 0 Å². The normalized spacial score (nSPS) is 24.0. The van der Waals surface area contributed by atoms with Gasteiger partial charge >= 0.3 is 0 Å². The highest BCUT2D eigenvalue weighted by molar-refractivity contribution is 6.10. The Morgan fingerprint density at radius 3 is 1.83 bits per heavy atom. The Balaban J connectivity index is 1.76. The predicted molar refractivity (Wildman–Crippen MR) is 136 cm³/mol. The lowest BCUT2D eigenvalue weighted by Crippen LogP contribution is -2.56. The molecule has 180 valence electrons. The van der Waals surface area contributed by atoms with Crippen LogP contribution in [0.4, 0.5) is 11.4 Å². The number of nitrogens with one attached hydrogen (secondary N) is 2. The molecule has 1 aliphatic rings. The van der Waals surface area contributed by atoms with Crippen molar-refractivity contribution in [3.8, 4) is 0 Å². The number of hydrogen-bond donors (Lipinski definition) is 3. The lowest BCUT2D eigenvalue weighted by Gasteiger charge is -2.44. The van der Waals surface area contributed by atoms with Crippen LogP contribution in [0.15, 0.2) is 78.9 Å². The number of Topliss-reactive ketones (excluding diaryl/α,β-unsaturated/α-hetero) is 1. The van der Waals surface area contributed by atoms with Gasteiger partial charge in [-0.25, -0.2) is 0 Å². The number of hydrogen-bond acceptors (Lipinski definition) is 4. The van der Waals surface area contributed by atoms with Crippen LogP contribution in [0.5, 0.6) is 0 Å². The largest absolute Gasteiger partial charge is 0.389 e. The summed E-state index contributed by atoms with van der Waals surface area (Å²) >= 11 is 0. The Bertz CT molecular complexity index is 1250. The van der Waals surface area contributed by atoms with E-state index in [-0.39, 0.29) is 6.42 Å². The second kappa shape index (κ2) is 9.84. The van der Waals surface area contributed by atoms with Crippen LogP contribution in [0.2, 0.25) is 0 Å². The zero-order chi connectivity index (χ0) is 25.2. The third-order valence-electron chi connectivity index (χ3n) is 6.82. The molecule has 0 bridgehead atoms. The second-order valence-corrected chi connectivity index (χ2v) is 9.50. The first kappa shape index (κ1) is 24.4. The van der Waals surface area contributed by atoms with Crippen molar-refractivity contribution in [3.63, 3.8) is 0 Å². The Morgan fingerprint density at radius 1 is 0.800 bits per heavy atom. The molecule has 3 aromatic carbocycles. The summed E-state index contributed by atoms with van der Waals surface area (Å²) in [5.41, 5.74) is 1.98. The van der Waals surface area contributed by atoms with Crippen LogP contribution in [0.1, 0.15) is 36.0 Å². The highest BCUT2D eigenvalue weighted by Gasteiger charge is 2.55. The van der Waals surface area contributed by atoms with E-state index in [0.29, 0.717) is 16.9 Å². The molecule has 3 aromatic rings. The maximum atomic E-state index is 13.7. The van der Waals surface area contributed by atoms with Gasteiger partial charge < -0.3 is 15.7 Å². The first-order valence-corrected chi connectivity index (χ1v) is 11.7. The highest BCUT2D eigenvalue weighted by atomic mass is 16.3. The number of carbonyl (C=O) groups excluding carboxylic acids is 3. The molecule has 6 heteroatoms. The van der Waals surface area contributed by atoms with Crippen LogP contribution in [0.25, 0.3) is 0 Å². The van der Waals surface area contributed by atoms with E-state index in [2.05, 4.69) is 10.6 Å². The number of para-hydroxylation sites is 2. The van der Waals surface area contributed by atoms with Crippen LogP contribution in [0, 0.1) is 25.7 Å². The number of aryl methyl sites for hydroxylation is 2. The molecule has 0 spiro atoms. The zero-order valence-electron chi connectivity index (χ0n) is 20.1. The summed E-state index contributed by atoms with van der Waals surface area (Å²) in [6, 6.07) is 23.7. The topological polar surface area (TPSA) is 95.5 Å². The van der Waals surface area contributed by atoms with Crippen molar-refractivity contribution in [1.82, 2.24) is 0 Å². The summed E-state index contributed by atoms with van der Waals surface area (Å²) in [5.74, 6) is -4.32. The van der Waals surface area contributed by atoms with Gasteiger partial charge in [-0.15, -0.1) is 0 Å². The van der Waals surface area contributed by atoms with E-state index in [1.165, 1.54) is 6.92 Å². The number of ketones is 1. The molecular weight excluding hydrogens is 440 g/mol. The Kier molecular flexibility index (Phi) is 6.85. The maximum Gasteiger partial charge on any atom is 0.235 e. The van der Waals surface area contributed by atoms with Gasteiger partial charge in [0.25, 0.3) is 0 Å². The highest BCUT2D eigenvalue weighted by Crippen LogP contribution is 2.46. The minimum atomic E-state index is -1.64. The molecule has 35 heavy (non-hydrogen) atoms. The molecule has 0 radical (unpaired) electrons. The first-order chi connectivity index (χ1) is 16.7. The lowest BCUT2D eigenvalue weighted by molar-refractivity contribution is -0.150. The van der Waals surface area contributed by atoms with Gasteiger partial charge in [0.15, 0.2) is 0 Å². The lowest BCUT2D eigenvalue weighted by atomic mass is 9.61. The number of carbonyl (C=O) groups is 3. The van der Waals surface area contributed by atoms with Crippen molar-refractivity contribution in [1.29, 1.82) is 0 Å². The molecule has 1 aliphatic carbocycles. The number of anilines is 2. The Morgan fingerprint density at radius 2 is 1.29 bits per heavy atom. The zero-order valence-corrected chi connectivity index (χ0v) is 20.1. The predicted octanol–water partition coefficient (Wildman–Crippen LogP) is 4.62. The fraction of sp³-hybridized carbons (Fsp3) is 0.276. The average Bonchev–Trinajstić information content (AvgIpc) is 2.81. The van der Waals surface area contributed by atoms with E-state index >= 15 is 0 Å². The van der Waals surface area contributed by atoms with Crippen LogP contribution >= 0.6 is 0 Å². The summed E-state index contributed by atoms with van der Waals surface area (Å²) in [5, 5.41) is 17.2. The smallest absolute Gasteiger partial charge is 0.235 e. The molecule has 1 saturated carbocycles. The standard InChI is InChI=1S/C29H30N2O4/c1-18-11-7-9-15-21(18)30-27(33)25-23(32)17-29(3,35)26(24(25)20-13-5-4-6-14-20)28(34)31-22-16-10-8-12-19(22)2/h4-16,24-26,35H,17H2,1-3H3,(H,30,33)(H,31,34)/t24-,25+,26-,29+/m1/s1. The SMILES string of the molecule is Cc1ccccc1NC(=O)[C@H]1C(=O)C[C@](C)(O)[C@@H](C(=O)Nc2ccccc2C)[C@@H]1c1ccccc1. The molecule has 6 nitrogen and oxygen atoms in total. The Hall–Kier alpha value is -3.77. The summed E-state index contributed by atoms with van der Waals surface area (Å²) in [7, 11) is 0. The summed E-state index contributed by atoms with van der Waals surface area (Å²) < 4.78 is 0. The van der Waals surface area contributed by atoms with Gasteiger partial charge in [0.05, 0.1) is 11.5 Å². The maximum absolute atomic E-state index is 13.7. The van der Waals surface area contributed by atoms with Gasteiger partial charge in [0.2, 0.25) is 11.8 Å². The van der Waals surface area contributed by atoms with E-state index in [1.54, 1.807) is 36.4 Å². The summed E-state index contributed by atoms with van der Waals surface area (Å²) in [6.45, 7) is 5.25. The van der Waals surface area contributed by atoms with Crippen molar-refractivity contribution >= 4 is 29.0 Å².